The second-order valence-electron chi connectivity index (χ2n) is 5.74. The van der Waals surface area contributed by atoms with Crippen LogP contribution in [0, 0.1) is 12.8 Å². The molecule has 4 heterocycles. The Morgan fingerprint density at radius 1 is 1.27 bits per heavy atom. The maximum atomic E-state index is 5.54. The molecule has 0 unspecified atom stereocenters. The van der Waals surface area contributed by atoms with E-state index in [0.29, 0.717) is 5.92 Å². The number of aryl methyl sites for hydroxylation is 1. The first-order valence-electron chi connectivity index (χ1n) is 7.46. The van der Waals surface area contributed by atoms with Gasteiger partial charge in [0.2, 0.25) is 0 Å². The van der Waals surface area contributed by atoms with Crippen LogP contribution in [0.2, 0.25) is 0 Å². The third-order valence-corrected chi connectivity index (χ3v) is 3.96. The minimum atomic E-state index is 0.648. The summed E-state index contributed by atoms with van der Waals surface area (Å²) in [6.45, 7) is 5.78. The number of hydrogen-bond acceptors (Lipinski definition) is 6. The van der Waals surface area contributed by atoms with Crippen molar-refractivity contribution < 1.29 is 4.42 Å². The van der Waals surface area contributed by atoms with Crippen LogP contribution in [0.15, 0.2) is 35.0 Å². The number of hydrogen-bond donors (Lipinski definition) is 1. The second-order valence-corrected chi connectivity index (χ2v) is 5.74. The van der Waals surface area contributed by atoms with Crippen molar-refractivity contribution in [3.8, 4) is 0 Å². The molecular formula is C15H18N6O. The van der Waals surface area contributed by atoms with Gasteiger partial charge in [-0.25, -0.2) is 0 Å². The van der Waals surface area contributed by atoms with E-state index in [2.05, 4.69) is 25.5 Å². The predicted octanol–water partition coefficient (Wildman–Crippen LogP) is 1.25. The summed E-state index contributed by atoms with van der Waals surface area (Å²) in [5.74, 6) is 3.58. The van der Waals surface area contributed by atoms with Crippen molar-refractivity contribution in [2.45, 2.75) is 13.5 Å². The number of anilines is 1. The maximum absolute atomic E-state index is 5.54. The topological polar surface area (TPSA) is 71.5 Å². The van der Waals surface area contributed by atoms with Crippen molar-refractivity contribution >= 4 is 11.5 Å². The molecule has 1 aliphatic rings. The number of furan rings is 1. The van der Waals surface area contributed by atoms with Crippen LogP contribution in [-0.2, 0) is 6.54 Å². The lowest BCUT2D eigenvalue weighted by Crippen LogP contribution is -2.51. The summed E-state index contributed by atoms with van der Waals surface area (Å²) in [5, 5.41) is 15.8. The van der Waals surface area contributed by atoms with E-state index in [-0.39, 0.29) is 0 Å². The van der Waals surface area contributed by atoms with E-state index in [1.807, 2.05) is 31.2 Å². The van der Waals surface area contributed by atoms with Crippen LogP contribution in [0.1, 0.15) is 11.5 Å². The summed E-state index contributed by atoms with van der Waals surface area (Å²) in [7, 11) is 0. The van der Waals surface area contributed by atoms with Gasteiger partial charge in [0.25, 0.3) is 0 Å². The molecular weight excluding hydrogens is 280 g/mol. The van der Waals surface area contributed by atoms with Crippen molar-refractivity contribution in [2.24, 2.45) is 5.92 Å². The number of nitrogens with one attached hydrogen (secondary N) is 1. The molecule has 0 amide bonds. The SMILES string of the molecule is Cc1ccc(CNCC2CN(c3ccc4nncn4n3)C2)o1. The molecule has 0 aromatic carbocycles. The molecule has 1 aliphatic heterocycles. The van der Waals surface area contributed by atoms with Crippen LogP contribution in [0.25, 0.3) is 5.65 Å². The first-order chi connectivity index (χ1) is 10.8. The number of rotatable bonds is 5. The number of aromatic nitrogens is 4. The molecule has 7 heteroatoms. The van der Waals surface area contributed by atoms with Crippen molar-refractivity contribution in [2.75, 3.05) is 24.5 Å². The minimum absolute atomic E-state index is 0.648. The molecule has 22 heavy (non-hydrogen) atoms. The number of nitrogens with zero attached hydrogens (tertiary/aromatic N) is 5. The molecule has 0 atom stereocenters. The van der Waals surface area contributed by atoms with E-state index < -0.39 is 0 Å². The Balaban J connectivity index is 1.26. The summed E-state index contributed by atoms with van der Waals surface area (Å²) in [4.78, 5) is 2.27. The van der Waals surface area contributed by atoms with Gasteiger partial charge in [-0.1, -0.05) is 0 Å². The van der Waals surface area contributed by atoms with Crippen LogP contribution in [0.3, 0.4) is 0 Å². The fourth-order valence-electron chi connectivity index (χ4n) is 2.75. The van der Waals surface area contributed by atoms with Crippen LogP contribution in [0.4, 0.5) is 5.82 Å². The molecule has 0 bridgehead atoms. The van der Waals surface area contributed by atoms with E-state index in [9.17, 15) is 0 Å². The Labute approximate surface area is 127 Å². The monoisotopic (exact) mass is 298 g/mol. The highest BCUT2D eigenvalue weighted by molar-refractivity contribution is 5.46. The first-order valence-corrected chi connectivity index (χ1v) is 7.46. The highest BCUT2D eigenvalue weighted by Crippen LogP contribution is 2.22. The maximum Gasteiger partial charge on any atom is 0.177 e. The largest absolute Gasteiger partial charge is 0.465 e. The Kier molecular flexibility index (Phi) is 3.27. The zero-order valence-corrected chi connectivity index (χ0v) is 12.4. The van der Waals surface area contributed by atoms with E-state index in [1.165, 1.54) is 0 Å². The van der Waals surface area contributed by atoms with Gasteiger partial charge in [0, 0.05) is 25.6 Å². The minimum Gasteiger partial charge on any atom is -0.465 e. The quantitative estimate of drug-likeness (QED) is 0.764. The van der Waals surface area contributed by atoms with E-state index in [1.54, 1.807) is 10.8 Å². The van der Waals surface area contributed by atoms with Gasteiger partial charge >= 0.3 is 0 Å². The van der Waals surface area contributed by atoms with Gasteiger partial charge in [0.15, 0.2) is 5.65 Å². The van der Waals surface area contributed by atoms with Gasteiger partial charge in [-0.2, -0.15) is 4.52 Å². The zero-order chi connectivity index (χ0) is 14.9. The standard InChI is InChI=1S/C15H18N6O/c1-11-2-3-13(22-11)7-16-6-12-8-20(9-12)15-5-4-14-18-17-10-21(14)19-15/h2-5,10,12,16H,6-9H2,1H3. The highest BCUT2D eigenvalue weighted by atomic mass is 16.3. The van der Waals surface area contributed by atoms with Gasteiger partial charge in [-0.05, 0) is 31.2 Å². The summed E-state index contributed by atoms with van der Waals surface area (Å²) in [6, 6.07) is 7.96. The highest BCUT2D eigenvalue weighted by Gasteiger charge is 2.27. The molecule has 3 aromatic heterocycles. The summed E-state index contributed by atoms with van der Waals surface area (Å²) >= 11 is 0. The van der Waals surface area contributed by atoms with Crippen LogP contribution < -0.4 is 10.2 Å². The molecule has 7 nitrogen and oxygen atoms in total. The van der Waals surface area contributed by atoms with E-state index >= 15 is 0 Å². The molecule has 3 aromatic rings. The third-order valence-electron chi connectivity index (χ3n) is 3.96. The van der Waals surface area contributed by atoms with Crippen LogP contribution in [-0.4, -0.2) is 39.4 Å². The van der Waals surface area contributed by atoms with Crippen LogP contribution in [0.5, 0.6) is 0 Å². The predicted molar refractivity (Wildman–Crippen MR) is 81.6 cm³/mol. The van der Waals surface area contributed by atoms with E-state index in [4.69, 9.17) is 4.42 Å². The molecule has 0 aliphatic carbocycles. The smallest absolute Gasteiger partial charge is 0.177 e. The van der Waals surface area contributed by atoms with Gasteiger partial charge < -0.3 is 14.6 Å². The van der Waals surface area contributed by atoms with Crippen LogP contribution >= 0.6 is 0 Å². The average Bonchev–Trinajstić information content (AvgIpc) is 3.09. The fourth-order valence-corrected chi connectivity index (χ4v) is 2.75. The second kappa shape index (κ2) is 5.42. The molecule has 114 valence electrons. The summed E-state index contributed by atoms with van der Waals surface area (Å²) in [5.41, 5.74) is 0.774. The molecule has 1 saturated heterocycles. The zero-order valence-electron chi connectivity index (χ0n) is 12.4. The molecule has 4 rings (SSSR count). The van der Waals surface area contributed by atoms with Crippen molar-refractivity contribution in [1.29, 1.82) is 0 Å². The lowest BCUT2D eigenvalue weighted by atomic mass is 10.0. The molecule has 1 fully saturated rings. The Morgan fingerprint density at radius 2 is 2.18 bits per heavy atom. The van der Waals surface area contributed by atoms with E-state index in [0.717, 1.165) is 49.2 Å². The summed E-state index contributed by atoms with van der Waals surface area (Å²) in [6.07, 6.45) is 1.63. The van der Waals surface area contributed by atoms with Gasteiger partial charge in [0.05, 0.1) is 6.54 Å². The molecule has 0 saturated carbocycles. The van der Waals surface area contributed by atoms with Gasteiger partial charge in [0.1, 0.15) is 23.7 Å². The lowest BCUT2D eigenvalue weighted by molar-refractivity contribution is 0.369. The average molecular weight is 298 g/mol. The van der Waals surface area contributed by atoms with Crippen molar-refractivity contribution in [1.82, 2.24) is 25.1 Å². The fraction of sp³-hybridized carbons (Fsp3) is 0.400. The van der Waals surface area contributed by atoms with Crippen molar-refractivity contribution in [3.63, 3.8) is 0 Å². The lowest BCUT2D eigenvalue weighted by Gasteiger charge is -2.40. The molecule has 0 spiro atoms. The normalized spacial score (nSPS) is 15.4. The third kappa shape index (κ3) is 2.55. The number of fused-ring (bicyclic) bond motifs is 1. The first kappa shape index (κ1) is 13.3. The van der Waals surface area contributed by atoms with Gasteiger partial charge in [-0.15, -0.1) is 15.3 Å². The molecule has 0 radical (unpaired) electrons. The Hall–Kier alpha value is -2.41. The summed E-state index contributed by atoms with van der Waals surface area (Å²) < 4.78 is 7.25. The Bertz CT molecular complexity index is 773. The Morgan fingerprint density at radius 3 is 3.00 bits per heavy atom. The molecule has 1 N–H and O–H groups in total. The van der Waals surface area contributed by atoms with Gasteiger partial charge in [-0.3, -0.25) is 0 Å². The van der Waals surface area contributed by atoms with Crippen molar-refractivity contribution in [3.05, 3.63) is 42.1 Å².